The Morgan fingerprint density at radius 2 is 2.31 bits per heavy atom. The summed E-state index contributed by atoms with van der Waals surface area (Å²) in [5.74, 6) is -0.370. The summed E-state index contributed by atoms with van der Waals surface area (Å²) in [5.41, 5.74) is 7.50. The first-order valence-electron chi connectivity index (χ1n) is 4.89. The lowest BCUT2D eigenvalue weighted by Gasteiger charge is -2.05. The Kier molecular flexibility index (Phi) is 5.05. The van der Waals surface area contributed by atoms with Crippen molar-refractivity contribution in [3.63, 3.8) is 0 Å². The number of esters is 1. The highest BCUT2D eigenvalue weighted by molar-refractivity contribution is 9.09. The number of allylic oxidation sites excluding steroid dienone is 1. The van der Waals surface area contributed by atoms with Crippen molar-refractivity contribution < 1.29 is 9.53 Å². The summed E-state index contributed by atoms with van der Waals surface area (Å²) in [6.07, 6.45) is 4.80. The number of hydrogen-bond donors (Lipinski definition) is 1. The van der Waals surface area contributed by atoms with Gasteiger partial charge >= 0.3 is 5.97 Å². The van der Waals surface area contributed by atoms with Crippen LogP contribution in [0, 0.1) is 0 Å². The number of rotatable bonds is 4. The minimum absolute atomic E-state index is 0.370. The zero-order chi connectivity index (χ0) is 12.0. The summed E-state index contributed by atoms with van der Waals surface area (Å²) >= 11 is 3.33. The predicted octanol–water partition coefficient (Wildman–Crippen LogP) is 2.85. The van der Waals surface area contributed by atoms with Crippen LogP contribution in [0.1, 0.15) is 22.3 Å². The van der Waals surface area contributed by atoms with Crippen LogP contribution in [0.5, 0.6) is 0 Å². The lowest BCUT2D eigenvalue weighted by atomic mass is 10.1. The highest BCUT2D eigenvalue weighted by Crippen LogP contribution is 2.16. The van der Waals surface area contributed by atoms with E-state index in [0.29, 0.717) is 11.3 Å². The lowest BCUT2D eigenvalue weighted by molar-refractivity contribution is 0.0600. The molecule has 1 aromatic rings. The number of carbonyl (C=O) groups excluding carboxylic acids is 1. The maximum Gasteiger partial charge on any atom is 0.338 e. The van der Waals surface area contributed by atoms with Crippen LogP contribution in [-0.4, -0.2) is 18.4 Å². The quantitative estimate of drug-likeness (QED) is 0.525. The first kappa shape index (κ1) is 12.8. The largest absolute Gasteiger partial charge is 0.465 e. The molecule has 0 amide bonds. The fourth-order valence-corrected chi connectivity index (χ4v) is 1.54. The molecule has 86 valence electrons. The van der Waals surface area contributed by atoms with Crippen LogP contribution >= 0.6 is 15.9 Å². The van der Waals surface area contributed by atoms with Gasteiger partial charge < -0.3 is 10.5 Å². The fraction of sp³-hybridized carbons (Fsp3) is 0.250. The molecule has 2 N–H and O–H groups in total. The van der Waals surface area contributed by atoms with Crippen LogP contribution in [0.3, 0.4) is 0 Å². The molecule has 0 atom stereocenters. The van der Waals surface area contributed by atoms with Crippen LogP contribution in [0.15, 0.2) is 24.3 Å². The summed E-state index contributed by atoms with van der Waals surface area (Å²) in [7, 11) is 1.36. The van der Waals surface area contributed by atoms with Gasteiger partial charge in [-0.3, -0.25) is 0 Å². The molecule has 0 radical (unpaired) electrons. The van der Waals surface area contributed by atoms with Crippen molar-refractivity contribution in [3.05, 3.63) is 35.4 Å². The van der Waals surface area contributed by atoms with E-state index in [9.17, 15) is 4.79 Å². The number of ether oxygens (including phenoxy) is 1. The van der Waals surface area contributed by atoms with Gasteiger partial charge in [0.05, 0.1) is 12.7 Å². The van der Waals surface area contributed by atoms with Crippen molar-refractivity contribution in [1.82, 2.24) is 0 Å². The summed E-state index contributed by atoms with van der Waals surface area (Å²) < 4.78 is 4.70. The SMILES string of the molecule is COC(=O)c1cc(N)ccc1C=CCCBr. The number of alkyl halides is 1. The van der Waals surface area contributed by atoms with Gasteiger partial charge in [-0.15, -0.1) is 0 Å². The van der Waals surface area contributed by atoms with Crippen molar-refractivity contribution >= 4 is 33.7 Å². The standard InChI is InChI=1S/C12H14BrNO2/c1-16-12(15)11-8-10(14)6-5-9(11)4-2-3-7-13/h2,4-6,8H,3,7,14H2,1H3. The minimum Gasteiger partial charge on any atom is -0.465 e. The Labute approximate surface area is 103 Å². The Morgan fingerprint density at radius 3 is 2.94 bits per heavy atom. The second-order valence-corrected chi connectivity index (χ2v) is 4.01. The van der Waals surface area contributed by atoms with E-state index < -0.39 is 0 Å². The van der Waals surface area contributed by atoms with E-state index in [2.05, 4.69) is 15.9 Å². The second kappa shape index (κ2) is 6.33. The third-order valence-corrected chi connectivity index (χ3v) is 2.51. The molecule has 3 nitrogen and oxygen atoms in total. The second-order valence-electron chi connectivity index (χ2n) is 3.22. The Hall–Kier alpha value is -1.29. The molecule has 0 saturated carbocycles. The van der Waals surface area contributed by atoms with E-state index >= 15 is 0 Å². The van der Waals surface area contributed by atoms with Gasteiger partial charge in [0.1, 0.15) is 0 Å². The van der Waals surface area contributed by atoms with E-state index in [-0.39, 0.29) is 5.97 Å². The molecule has 0 spiro atoms. The van der Waals surface area contributed by atoms with Crippen LogP contribution in [0.4, 0.5) is 5.69 Å². The zero-order valence-electron chi connectivity index (χ0n) is 9.07. The van der Waals surface area contributed by atoms with Gasteiger partial charge in [-0.05, 0) is 24.1 Å². The van der Waals surface area contributed by atoms with Gasteiger partial charge in [0.2, 0.25) is 0 Å². The lowest BCUT2D eigenvalue weighted by Crippen LogP contribution is -2.04. The van der Waals surface area contributed by atoms with Crippen molar-refractivity contribution in [1.29, 1.82) is 0 Å². The zero-order valence-corrected chi connectivity index (χ0v) is 10.7. The van der Waals surface area contributed by atoms with Crippen LogP contribution in [-0.2, 0) is 4.74 Å². The first-order valence-corrected chi connectivity index (χ1v) is 6.01. The molecule has 0 heterocycles. The molecular formula is C12H14BrNO2. The average Bonchev–Trinajstić information content (AvgIpc) is 2.30. The molecule has 0 aliphatic rings. The molecule has 0 saturated heterocycles. The molecule has 0 unspecified atom stereocenters. The van der Waals surface area contributed by atoms with E-state index in [1.54, 1.807) is 12.1 Å². The third kappa shape index (κ3) is 3.38. The number of carbonyl (C=O) groups is 1. The summed E-state index contributed by atoms with van der Waals surface area (Å²) in [6.45, 7) is 0. The highest BCUT2D eigenvalue weighted by Gasteiger charge is 2.09. The van der Waals surface area contributed by atoms with Crippen molar-refractivity contribution in [2.75, 3.05) is 18.2 Å². The van der Waals surface area contributed by atoms with Crippen LogP contribution in [0.2, 0.25) is 0 Å². The van der Waals surface area contributed by atoms with E-state index in [1.165, 1.54) is 7.11 Å². The molecule has 0 aromatic heterocycles. The molecular weight excluding hydrogens is 270 g/mol. The van der Waals surface area contributed by atoms with E-state index in [0.717, 1.165) is 17.3 Å². The summed E-state index contributed by atoms with van der Waals surface area (Å²) in [6, 6.07) is 5.20. The van der Waals surface area contributed by atoms with Crippen molar-refractivity contribution in [3.8, 4) is 0 Å². The number of nitrogen functional groups attached to an aromatic ring is 1. The molecule has 0 aliphatic carbocycles. The van der Waals surface area contributed by atoms with Gasteiger partial charge in [0, 0.05) is 11.0 Å². The number of methoxy groups -OCH3 is 1. The molecule has 0 fully saturated rings. The summed E-state index contributed by atoms with van der Waals surface area (Å²) in [4.78, 5) is 11.5. The monoisotopic (exact) mass is 283 g/mol. The molecule has 16 heavy (non-hydrogen) atoms. The normalized spacial score (nSPS) is 10.6. The van der Waals surface area contributed by atoms with Crippen molar-refractivity contribution in [2.24, 2.45) is 0 Å². The van der Waals surface area contributed by atoms with Crippen LogP contribution in [0.25, 0.3) is 6.08 Å². The smallest absolute Gasteiger partial charge is 0.338 e. The van der Waals surface area contributed by atoms with Gasteiger partial charge in [-0.25, -0.2) is 4.79 Å². The minimum atomic E-state index is -0.370. The van der Waals surface area contributed by atoms with Gasteiger partial charge in [0.25, 0.3) is 0 Å². The van der Waals surface area contributed by atoms with Crippen molar-refractivity contribution in [2.45, 2.75) is 6.42 Å². The predicted molar refractivity (Wildman–Crippen MR) is 69.6 cm³/mol. The molecule has 0 aliphatic heterocycles. The fourth-order valence-electron chi connectivity index (χ4n) is 1.28. The highest BCUT2D eigenvalue weighted by atomic mass is 79.9. The Bertz CT molecular complexity index is 402. The number of benzene rings is 1. The van der Waals surface area contributed by atoms with E-state index in [1.807, 2.05) is 18.2 Å². The number of anilines is 1. The first-order chi connectivity index (χ1) is 7.69. The maximum atomic E-state index is 11.5. The topological polar surface area (TPSA) is 52.3 Å². The van der Waals surface area contributed by atoms with Gasteiger partial charge in [0.15, 0.2) is 0 Å². The molecule has 4 heteroatoms. The molecule has 0 bridgehead atoms. The van der Waals surface area contributed by atoms with Gasteiger partial charge in [-0.2, -0.15) is 0 Å². The summed E-state index contributed by atoms with van der Waals surface area (Å²) in [5, 5.41) is 0.895. The number of hydrogen-bond acceptors (Lipinski definition) is 3. The molecule has 1 rings (SSSR count). The van der Waals surface area contributed by atoms with E-state index in [4.69, 9.17) is 10.5 Å². The molecule has 1 aromatic carbocycles. The average molecular weight is 284 g/mol. The van der Waals surface area contributed by atoms with Crippen LogP contribution < -0.4 is 5.73 Å². The van der Waals surface area contributed by atoms with Gasteiger partial charge in [-0.1, -0.05) is 34.1 Å². The number of nitrogens with two attached hydrogens (primary N) is 1. The third-order valence-electron chi connectivity index (χ3n) is 2.06. The Morgan fingerprint density at radius 1 is 1.56 bits per heavy atom. The number of halogens is 1. The maximum absolute atomic E-state index is 11.5. The Balaban J connectivity index is 3.02.